The van der Waals surface area contributed by atoms with E-state index in [1.807, 2.05) is 6.07 Å². The van der Waals surface area contributed by atoms with Crippen LogP contribution in [0.5, 0.6) is 0 Å². The molecule has 0 radical (unpaired) electrons. The summed E-state index contributed by atoms with van der Waals surface area (Å²) in [7, 11) is 0. The third kappa shape index (κ3) is 1.65. The second-order valence-corrected chi connectivity index (χ2v) is 4.20. The molecule has 2 rings (SSSR count). The first-order valence-corrected chi connectivity index (χ1v) is 5.03. The van der Waals surface area contributed by atoms with E-state index < -0.39 is 0 Å². The van der Waals surface area contributed by atoms with Gasteiger partial charge in [-0.05, 0) is 12.0 Å². The summed E-state index contributed by atoms with van der Waals surface area (Å²) in [5.41, 5.74) is 1.44. The fraction of sp³-hybridized carbons (Fsp3) is 0.417. The van der Waals surface area contributed by atoms with E-state index >= 15 is 0 Å². The van der Waals surface area contributed by atoms with Gasteiger partial charge >= 0.3 is 0 Å². The number of piperidine rings is 1. The summed E-state index contributed by atoms with van der Waals surface area (Å²) in [6, 6.07) is 10.4. The molecule has 1 aliphatic rings. The maximum Gasteiger partial charge on any atom is 0.220 e. The first-order valence-electron chi connectivity index (χ1n) is 5.03. The summed E-state index contributed by atoms with van der Waals surface area (Å²) in [6.45, 7) is 2.97. The Balaban J connectivity index is 2.21. The Morgan fingerprint density at radius 1 is 1.29 bits per heavy atom. The predicted octanol–water partition coefficient (Wildman–Crippen LogP) is 1.85. The number of rotatable bonds is 1. The summed E-state index contributed by atoms with van der Waals surface area (Å²) in [6.07, 6.45) is 1.59. The molecule has 0 bridgehead atoms. The van der Waals surface area contributed by atoms with E-state index in [-0.39, 0.29) is 11.3 Å². The summed E-state index contributed by atoms with van der Waals surface area (Å²) in [4.78, 5) is 11.1. The molecule has 1 aromatic carbocycles. The van der Waals surface area contributed by atoms with Crippen LogP contribution in [0.1, 0.15) is 25.3 Å². The molecule has 2 nitrogen and oxygen atoms in total. The minimum absolute atomic E-state index is 0.120. The number of hydrogen-bond acceptors (Lipinski definition) is 1. The van der Waals surface area contributed by atoms with Crippen LogP contribution in [0.15, 0.2) is 30.3 Å². The number of carbonyl (C=O) groups is 1. The van der Waals surface area contributed by atoms with Crippen LogP contribution in [0.2, 0.25) is 0 Å². The Hall–Kier alpha value is -1.31. The molecule has 1 aromatic rings. The monoisotopic (exact) mass is 189 g/mol. The topological polar surface area (TPSA) is 29.1 Å². The third-order valence-corrected chi connectivity index (χ3v) is 3.05. The van der Waals surface area contributed by atoms with Gasteiger partial charge in [-0.3, -0.25) is 4.79 Å². The first kappa shape index (κ1) is 9.25. The van der Waals surface area contributed by atoms with Gasteiger partial charge in [0.25, 0.3) is 0 Å². The summed E-state index contributed by atoms with van der Waals surface area (Å²) >= 11 is 0. The first-order chi connectivity index (χ1) is 6.71. The zero-order valence-electron chi connectivity index (χ0n) is 8.42. The summed E-state index contributed by atoms with van der Waals surface area (Å²) in [5, 5.41) is 2.93. The molecule has 1 amide bonds. The van der Waals surface area contributed by atoms with Crippen molar-refractivity contribution in [1.29, 1.82) is 0 Å². The van der Waals surface area contributed by atoms with E-state index in [1.165, 1.54) is 5.56 Å². The van der Waals surface area contributed by atoms with Crippen LogP contribution in [0.4, 0.5) is 0 Å². The Kier molecular flexibility index (Phi) is 2.28. The molecule has 1 aliphatic heterocycles. The van der Waals surface area contributed by atoms with Crippen molar-refractivity contribution < 1.29 is 4.79 Å². The third-order valence-electron chi connectivity index (χ3n) is 3.05. The molecule has 0 aromatic heterocycles. The van der Waals surface area contributed by atoms with Gasteiger partial charge in [-0.25, -0.2) is 0 Å². The Bertz CT molecular complexity index is 321. The summed E-state index contributed by atoms with van der Waals surface area (Å²) < 4.78 is 0. The highest BCUT2D eigenvalue weighted by Crippen LogP contribution is 2.30. The molecule has 0 spiro atoms. The van der Waals surface area contributed by atoms with Crippen LogP contribution in [-0.2, 0) is 10.2 Å². The van der Waals surface area contributed by atoms with Crippen molar-refractivity contribution >= 4 is 5.91 Å². The predicted molar refractivity (Wildman–Crippen MR) is 56.0 cm³/mol. The lowest BCUT2D eigenvalue weighted by Crippen LogP contribution is -2.44. The van der Waals surface area contributed by atoms with Crippen LogP contribution >= 0.6 is 0 Å². The molecule has 14 heavy (non-hydrogen) atoms. The van der Waals surface area contributed by atoms with Crippen LogP contribution in [0.3, 0.4) is 0 Å². The van der Waals surface area contributed by atoms with Gasteiger partial charge in [0.2, 0.25) is 5.91 Å². The average molecular weight is 189 g/mol. The van der Waals surface area contributed by atoms with Gasteiger partial charge in [-0.15, -0.1) is 0 Å². The average Bonchev–Trinajstić information content (AvgIpc) is 2.24. The van der Waals surface area contributed by atoms with Crippen molar-refractivity contribution in [2.75, 3.05) is 6.54 Å². The lowest BCUT2D eigenvalue weighted by molar-refractivity contribution is -0.123. The van der Waals surface area contributed by atoms with Crippen molar-refractivity contribution in [1.82, 2.24) is 5.32 Å². The SMILES string of the molecule is CC1(c2ccccc2)CCC(=O)NC1. The summed E-state index contributed by atoms with van der Waals surface area (Å²) in [5.74, 6) is 0.179. The second-order valence-electron chi connectivity index (χ2n) is 4.20. The molecule has 0 aliphatic carbocycles. The molecule has 2 heteroatoms. The maximum absolute atomic E-state index is 11.1. The highest BCUT2D eigenvalue weighted by atomic mass is 16.1. The van der Waals surface area contributed by atoms with E-state index in [2.05, 4.69) is 36.5 Å². The number of nitrogens with one attached hydrogen (secondary N) is 1. The van der Waals surface area contributed by atoms with Crippen LogP contribution < -0.4 is 5.32 Å². The number of carbonyl (C=O) groups excluding carboxylic acids is 1. The highest BCUT2D eigenvalue weighted by molar-refractivity contribution is 5.77. The van der Waals surface area contributed by atoms with Crippen molar-refractivity contribution in [2.45, 2.75) is 25.2 Å². The second kappa shape index (κ2) is 3.45. The van der Waals surface area contributed by atoms with Gasteiger partial charge in [0, 0.05) is 18.4 Å². The smallest absolute Gasteiger partial charge is 0.220 e. The van der Waals surface area contributed by atoms with Gasteiger partial charge < -0.3 is 5.32 Å². The zero-order valence-corrected chi connectivity index (χ0v) is 8.42. The zero-order chi connectivity index (χ0) is 10.0. The fourth-order valence-corrected chi connectivity index (χ4v) is 1.95. The minimum atomic E-state index is 0.120. The maximum atomic E-state index is 11.1. The molecule has 1 fully saturated rings. The minimum Gasteiger partial charge on any atom is -0.355 e. The van der Waals surface area contributed by atoms with Gasteiger partial charge in [-0.2, -0.15) is 0 Å². The Labute approximate surface area is 84.3 Å². The van der Waals surface area contributed by atoms with E-state index in [0.717, 1.165) is 13.0 Å². The molecule has 74 valence electrons. The Morgan fingerprint density at radius 2 is 2.00 bits per heavy atom. The molecule has 1 saturated heterocycles. The molecule has 1 atom stereocenters. The molecule has 0 saturated carbocycles. The quantitative estimate of drug-likeness (QED) is 0.717. The van der Waals surface area contributed by atoms with Crippen LogP contribution in [0, 0.1) is 0 Å². The number of amides is 1. The van der Waals surface area contributed by atoms with Gasteiger partial charge in [0.05, 0.1) is 0 Å². The lowest BCUT2D eigenvalue weighted by atomic mass is 9.76. The van der Waals surface area contributed by atoms with Crippen molar-refractivity contribution in [3.63, 3.8) is 0 Å². The van der Waals surface area contributed by atoms with E-state index in [4.69, 9.17) is 0 Å². The van der Waals surface area contributed by atoms with E-state index in [9.17, 15) is 4.79 Å². The van der Waals surface area contributed by atoms with E-state index in [1.54, 1.807) is 0 Å². The molecular formula is C12H15NO. The van der Waals surface area contributed by atoms with Gasteiger partial charge in [0.1, 0.15) is 0 Å². The largest absolute Gasteiger partial charge is 0.355 e. The van der Waals surface area contributed by atoms with E-state index in [0.29, 0.717) is 6.42 Å². The van der Waals surface area contributed by atoms with Gasteiger partial charge in [-0.1, -0.05) is 37.3 Å². The van der Waals surface area contributed by atoms with Gasteiger partial charge in [0.15, 0.2) is 0 Å². The Morgan fingerprint density at radius 3 is 2.57 bits per heavy atom. The molecular weight excluding hydrogens is 174 g/mol. The molecule has 1 unspecified atom stereocenters. The highest BCUT2D eigenvalue weighted by Gasteiger charge is 2.31. The van der Waals surface area contributed by atoms with Crippen LogP contribution in [0.25, 0.3) is 0 Å². The number of benzene rings is 1. The number of hydrogen-bond donors (Lipinski definition) is 1. The fourth-order valence-electron chi connectivity index (χ4n) is 1.95. The molecule has 1 heterocycles. The normalized spacial score (nSPS) is 27.1. The van der Waals surface area contributed by atoms with Crippen molar-refractivity contribution in [2.24, 2.45) is 0 Å². The standard InChI is InChI=1S/C12H15NO/c1-12(8-7-11(14)13-9-12)10-5-3-2-4-6-10/h2-6H,7-9H2,1H3,(H,13,14). The van der Waals surface area contributed by atoms with Crippen molar-refractivity contribution in [3.8, 4) is 0 Å². The van der Waals surface area contributed by atoms with Crippen molar-refractivity contribution in [3.05, 3.63) is 35.9 Å². The lowest BCUT2D eigenvalue weighted by Gasteiger charge is -2.34. The molecule has 1 N–H and O–H groups in total. The van der Waals surface area contributed by atoms with Crippen LogP contribution in [-0.4, -0.2) is 12.5 Å².